The molecule has 0 radical (unpaired) electrons. The SMILES string of the molecule is Cc1ccc([Si](C)(C)CCc2cc(C(C)(C)C)c(O)cc2C(C)(C)C)o1. The number of rotatable bonds is 4. The average Bonchev–Trinajstić information content (AvgIpc) is 2.91. The minimum absolute atomic E-state index is 0.0101. The van der Waals surface area contributed by atoms with Crippen molar-refractivity contribution in [1.82, 2.24) is 0 Å². The van der Waals surface area contributed by atoms with Crippen LogP contribution in [0.15, 0.2) is 28.7 Å². The minimum Gasteiger partial charge on any atom is -0.508 e. The van der Waals surface area contributed by atoms with Crippen molar-refractivity contribution < 1.29 is 9.52 Å². The summed E-state index contributed by atoms with van der Waals surface area (Å²) in [6.45, 7) is 19.9. The topological polar surface area (TPSA) is 33.4 Å². The van der Waals surface area contributed by atoms with E-state index in [4.69, 9.17) is 4.42 Å². The van der Waals surface area contributed by atoms with E-state index in [0.29, 0.717) is 5.75 Å². The van der Waals surface area contributed by atoms with Crippen LogP contribution in [-0.4, -0.2) is 13.2 Å². The van der Waals surface area contributed by atoms with Crippen LogP contribution in [0.2, 0.25) is 19.1 Å². The summed E-state index contributed by atoms with van der Waals surface area (Å²) in [5, 5.41) is 11.8. The van der Waals surface area contributed by atoms with Crippen LogP contribution in [-0.2, 0) is 17.3 Å². The first kappa shape index (κ1) is 20.8. The van der Waals surface area contributed by atoms with Crippen LogP contribution in [0.1, 0.15) is 64.0 Å². The molecule has 2 nitrogen and oxygen atoms in total. The molecule has 1 aromatic heterocycles. The highest BCUT2D eigenvalue weighted by molar-refractivity contribution is 6.88. The van der Waals surface area contributed by atoms with Crippen molar-refractivity contribution >= 4 is 13.5 Å². The zero-order valence-corrected chi connectivity index (χ0v) is 19.1. The molecule has 144 valence electrons. The van der Waals surface area contributed by atoms with Crippen molar-refractivity contribution in [2.75, 3.05) is 0 Å². The number of hydrogen-bond acceptors (Lipinski definition) is 2. The van der Waals surface area contributed by atoms with E-state index in [9.17, 15) is 5.11 Å². The second-order valence-electron chi connectivity index (χ2n) is 10.3. The maximum atomic E-state index is 10.6. The molecule has 3 heteroatoms. The van der Waals surface area contributed by atoms with Crippen LogP contribution in [0, 0.1) is 6.92 Å². The Hall–Kier alpha value is -1.48. The first-order chi connectivity index (χ1) is 11.7. The third-order valence-corrected chi connectivity index (χ3v) is 8.37. The lowest BCUT2D eigenvalue weighted by Gasteiger charge is -2.29. The molecule has 1 aromatic carbocycles. The fourth-order valence-corrected chi connectivity index (χ4v) is 5.62. The van der Waals surface area contributed by atoms with Gasteiger partial charge >= 0.3 is 0 Å². The summed E-state index contributed by atoms with van der Waals surface area (Å²) in [6, 6.07) is 9.61. The van der Waals surface area contributed by atoms with Crippen molar-refractivity contribution in [3.05, 3.63) is 46.7 Å². The van der Waals surface area contributed by atoms with Crippen LogP contribution >= 0.6 is 0 Å². The van der Waals surface area contributed by atoms with Gasteiger partial charge in [-0.05, 0) is 65.1 Å². The van der Waals surface area contributed by atoms with Crippen LogP contribution in [0.5, 0.6) is 5.75 Å². The molecule has 1 N–H and O–H groups in total. The third kappa shape index (κ3) is 4.62. The molecular formula is C23H36O2Si. The van der Waals surface area contributed by atoms with E-state index in [1.54, 1.807) is 0 Å². The fourth-order valence-electron chi connectivity index (χ4n) is 3.51. The number of benzene rings is 1. The third-order valence-electron chi connectivity index (χ3n) is 5.26. The minimum atomic E-state index is -1.63. The smallest absolute Gasteiger partial charge is 0.126 e. The van der Waals surface area contributed by atoms with E-state index in [0.717, 1.165) is 23.8 Å². The first-order valence-electron chi connectivity index (χ1n) is 9.65. The summed E-state index contributed by atoms with van der Waals surface area (Å²) < 4.78 is 5.95. The Kier molecular flexibility index (Phi) is 5.54. The molecule has 0 bridgehead atoms. The van der Waals surface area contributed by atoms with E-state index in [1.807, 2.05) is 13.0 Å². The summed E-state index contributed by atoms with van der Waals surface area (Å²) in [6.07, 6.45) is 1.02. The van der Waals surface area contributed by atoms with Gasteiger partial charge in [-0.25, -0.2) is 0 Å². The summed E-state index contributed by atoms with van der Waals surface area (Å²) in [5.41, 5.74) is 3.59. The van der Waals surface area contributed by atoms with Gasteiger partial charge in [0.25, 0.3) is 0 Å². The molecule has 0 aliphatic rings. The lowest BCUT2D eigenvalue weighted by molar-refractivity contribution is 0.442. The Morgan fingerprint density at radius 2 is 1.50 bits per heavy atom. The van der Waals surface area contributed by atoms with Gasteiger partial charge in [-0.3, -0.25) is 0 Å². The molecule has 0 unspecified atom stereocenters. The van der Waals surface area contributed by atoms with Gasteiger partial charge in [0, 0.05) is 0 Å². The monoisotopic (exact) mass is 372 g/mol. The van der Waals surface area contributed by atoms with Gasteiger partial charge in [0.2, 0.25) is 0 Å². The highest BCUT2D eigenvalue weighted by Gasteiger charge is 2.29. The lowest BCUT2D eigenvalue weighted by atomic mass is 9.78. The van der Waals surface area contributed by atoms with Crippen LogP contribution in [0.4, 0.5) is 0 Å². The largest absolute Gasteiger partial charge is 0.508 e. The Labute approximate surface area is 160 Å². The Balaban J connectivity index is 2.40. The Morgan fingerprint density at radius 3 is 1.96 bits per heavy atom. The quantitative estimate of drug-likeness (QED) is 0.663. The normalized spacial score (nSPS) is 13.3. The number of phenols is 1. The molecule has 0 amide bonds. The van der Waals surface area contributed by atoms with Gasteiger partial charge < -0.3 is 9.52 Å². The maximum absolute atomic E-state index is 10.6. The summed E-state index contributed by atoms with van der Waals surface area (Å²) >= 11 is 0. The van der Waals surface area contributed by atoms with Crippen molar-refractivity contribution in [2.45, 2.75) is 84.9 Å². The molecule has 0 aliphatic carbocycles. The highest BCUT2D eigenvalue weighted by atomic mass is 28.3. The van der Waals surface area contributed by atoms with Crippen molar-refractivity contribution in [2.24, 2.45) is 0 Å². The van der Waals surface area contributed by atoms with Gasteiger partial charge in [-0.1, -0.05) is 60.7 Å². The molecule has 0 spiro atoms. The molecule has 2 aromatic rings. The van der Waals surface area contributed by atoms with E-state index < -0.39 is 8.07 Å². The first-order valence-corrected chi connectivity index (χ1v) is 12.9. The fraction of sp³-hybridized carbons (Fsp3) is 0.565. The number of hydrogen-bond donors (Lipinski definition) is 1. The molecule has 1 heterocycles. The average molecular weight is 373 g/mol. The van der Waals surface area contributed by atoms with Crippen LogP contribution < -0.4 is 5.38 Å². The van der Waals surface area contributed by atoms with E-state index >= 15 is 0 Å². The molecule has 0 saturated carbocycles. The summed E-state index contributed by atoms with van der Waals surface area (Å²) in [5.74, 6) is 1.42. The molecule has 2 rings (SSSR count). The lowest BCUT2D eigenvalue weighted by Crippen LogP contribution is -2.40. The predicted molar refractivity (Wildman–Crippen MR) is 115 cm³/mol. The number of aromatic hydroxyl groups is 1. The summed E-state index contributed by atoms with van der Waals surface area (Å²) in [4.78, 5) is 0. The predicted octanol–water partition coefficient (Wildman–Crippen LogP) is 6.05. The molecule has 0 atom stereocenters. The Morgan fingerprint density at radius 1 is 0.923 bits per heavy atom. The zero-order valence-electron chi connectivity index (χ0n) is 18.1. The van der Waals surface area contributed by atoms with Gasteiger partial charge in [0.05, 0.1) is 11.1 Å². The number of phenolic OH excluding ortho intramolecular Hbond substituents is 1. The van der Waals surface area contributed by atoms with E-state index in [2.05, 4.69) is 72.8 Å². The summed E-state index contributed by atoms with van der Waals surface area (Å²) in [7, 11) is -1.63. The molecule has 0 aliphatic heterocycles. The molecule has 0 saturated heterocycles. The van der Waals surface area contributed by atoms with Crippen molar-refractivity contribution in [3.8, 4) is 5.75 Å². The second-order valence-corrected chi connectivity index (χ2v) is 15.1. The maximum Gasteiger partial charge on any atom is 0.126 e. The van der Waals surface area contributed by atoms with Crippen molar-refractivity contribution in [1.29, 1.82) is 0 Å². The van der Waals surface area contributed by atoms with Crippen molar-refractivity contribution in [3.63, 3.8) is 0 Å². The highest BCUT2D eigenvalue weighted by Crippen LogP contribution is 2.38. The van der Waals surface area contributed by atoms with Gasteiger partial charge in [0.1, 0.15) is 13.8 Å². The van der Waals surface area contributed by atoms with Gasteiger partial charge in [-0.2, -0.15) is 0 Å². The Bertz CT molecular complexity index is 770. The van der Waals surface area contributed by atoms with E-state index in [1.165, 1.54) is 16.5 Å². The van der Waals surface area contributed by atoms with Crippen LogP contribution in [0.25, 0.3) is 0 Å². The van der Waals surface area contributed by atoms with Gasteiger partial charge in [-0.15, -0.1) is 0 Å². The second kappa shape index (κ2) is 6.92. The van der Waals surface area contributed by atoms with Crippen LogP contribution in [0.3, 0.4) is 0 Å². The zero-order chi connectivity index (χ0) is 19.9. The van der Waals surface area contributed by atoms with E-state index in [-0.39, 0.29) is 10.8 Å². The number of furan rings is 1. The molecule has 26 heavy (non-hydrogen) atoms. The molecular weight excluding hydrogens is 336 g/mol. The standard InChI is InChI=1S/C23H36O2Si/c1-16-10-11-21(25-16)26(8,9)13-12-17-14-19(23(5,6)7)20(24)15-18(17)22(2,3)4/h10-11,14-15,24H,12-13H2,1-9H3. The number of aryl methyl sites for hydroxylation is 2. The molecule has 0 fully saturated rings. The van der Waals surface area contributed by atoms with Gasteiger partial charge in [0.15, 0.2) is 0 Å².